The van der Waals surface area contributed by atoms with Gasteiger partial charge < -0.3 is 4.89 Å². The summed E-state index contributed by atoms with van der Waals surface area (Å²) in [6.45, 7) is 3.71. The van der Waals surface area contributed by atoms with Gasteiger partial charge in [-0.1, -0.05) is 17.9 Å². The van der Waals surface area contributed by atoms with Crippen LogP contribution in [-0.2, 0) is 4.57 Å². The van der Waals surface area contributed by atoms with Gasteiger partial charge in [0.05, 0.1) is 0 Å². The molecule has 0 aliphatic heterocycles. The van der Waals surface area contributed by atoms with Crippen molar-refractivity contribution in [2.24, 2.45) is 0 Å². The Morgan fingerprint density at radius 3 is 2.22 bits per heavy atom. The smallest absolute Gasteiger partial charge is 0.595 e. The van der Waals surface area contributed by atoms with Crippen LogP contribution >= 0.6 is 8.03 Å². The number of rotatable bonds is 3. The fraction of sp³-hybridized carbons (Fsp3) is 1.00. The molecule has 2 atom stereocenters. The van der Waals surface area contributed by atoms with Crippen LogP contribution in [0.5, 0.6) is 0 Å². The zero-order valence-electron chi connectivity index (χ0n) is 6.26. The van der Waals surface area contributed by atoms with E-state index >= 15 is 0 Å². The van der Waals surface area contributed by atoms with Gasteiger partial charge in [-0.25, -0.2) is 0 Å². The molecule has 0 amide bonds. The topological polar surface area (TPSA) is 40.1 Å². The van der Waals surface area contributed by atoms with Gasteiger partial charge in [-0.05, 0) is 13.3 Å². The summed E-state index contributed by atoms with van der Waals surface area (Å²) in [4.78, 5) is 10.1. The molecule has 0 aromatic carbocycles. The Kier molecular flexibility index (Phi) is 11.5. The summed E-state index contributed by atoms with van der Waals surface area (Å²) in [5.41, 5.74) is -0.130. The summed E-state index contributed by atoms with van der Waals surface area (Å²) >= 11 is 0. The molecular weight excluding hydrogens is 162 g/mol. The largest absolute Gasteiger partial charge is 1.00 e. The van der Waals surface area contributed by atoms with Crippen molar-refractivity contribution in [1.29, 1.82) is 0 Å². The summed E-state index contributed by atoms with van der Waals surface area (Å²) in [7, 11) is -2.17. The maximum atomic E-state index is 10.1. The molecule has 0 aliphatic rings. The monoisotopic (exact) mass is 173 g/mol. The van der Waals surface area contributed by atoms with E-state index in [1.165, 1.54) is 0 Å². The SMILES string of the molecule is CCCC(C)[P+](=O)[O-].[K+]. The fourth-order valence-corrected chi connectivity index (χ4v) is 0.992. The van der Waals surface area contributed by atoms with Gasteiger partial charge in [-0.2, -0.15) is 0 Å². The summed E-state index contributed by atoms with van der Waals surface area (Å²) in [5, 5.41) is 0. The minimum Gasteiger partial charge on any atom is -0.595 e. The van der Waals surface area contributed by atoms with E-state index in [-0.39, 0.29) is 57.0 Å². The van der Waals surface area contributed by atoms with Gasteiger partial charge in [-0.3, -0.25) is 0 Å². The summed E-state index contributed by atoms with van der Waals surface area (Å²) in [5.74, 6) is 0. The van der Waals surface area contributed by atoms with Crippen LogP contribution in [0.15, 0.2) is 0 Å². The minimum absolute atomic E-state index is 0. The van der Waals surface area contributed by atoms with Gasteiger partial charge in [0, 0.05) is 0 Å². The Balaban J connectivity index is 0. The molecule has 9 heavy (non-hydrogen) atoms. The van der Waals surface area contributed by atoms with Crippen molar-refractivity contribution in [3.8, 4) is 0 Å². The molecule has 0 aromatic heterocycles. The van der Waals surface area contributed by atoms with E-state index in [0.29, 0.717) is 0 Å². The van der Waals surface area contributed by atoms with Crippen molar-refractivity contribution in [3.63, 3.8) is 0 Å². The van der Waals surface area contributed by atoms with Crippen molar-refractivity contribution in [1.82, 2.24) is 0 Å². The minimum atomic E-state index is -2.17. The van der Waals surface area contributed by atoms with E-state index in [1.807, 2.05) is 6.92 Å². The molecule has 4 heteroatoms. The van der Waals surface area contributed by atoms with Gasteiger partial charge in [0.25, 0.3) is 0 Å². The quantitative estimate of drug-likeness (QED) is 0.376. The average Bonchev–Trinajstić information content (AvgIpc) is 1.67. The molecule has 0 spiro atoms. The second kappa shape index (κ2) is 7.80. The molecule has 0 saturated heterocycles. The molecule has 0 fully saturated rings. The van der Waals surface area contributed by atoms with Crippen LogP contribution in [-0.4, -0.2) is 5.66 Å². The Hall–Kier alpha value is 1.70. The Bertz CT molecular complexity index is 87.0. The van der Waals surface area contributed by atoms with Crippen LogP contribution in [0.2, 0.25) is 0 Å². The Morgan fingerprint density at radius 1 is 1.67 bits per heavy atom. The summed E-state index contributed by atoms with van der Waals surface area (Å²) in [6, 6.07) is 0. The van der Waals surface area contributed by atoms with Crippen LogP contribution < -0.4 is 56.3 Å². The molecule has 48 valence electrons. The van der Waals surface area contributed by atoms with Crippen molar-refractivity contribution in [3.05, 3.63) is 0 Å². The molecule has 0 heterocycles. The summed E-state index contributed by atoms with van der Waals surface area (Å²) in [6.07, 6.45) is 1.74. The van der Waals surface area contributed by atoms with Crippen LogP contribution in [0, 0.1) is 0 Å². The molecule has 0 rings (SSSR count). The normalized spacial score (nSPS) is 13.9. The first kappa shape index (κ1) is 13.3. The number of hydrogen-bond acceptors (Lipinski definition) is 2. The molecule has 0 bridgehead atoms. The van der Waals surface area contributed by atoms with Gasteiger partial charge >= 0.3 is 59.4 Å². The molecule has 0 aliphatic carbocycles. The van der Waals surface area contributed by atoms with Crippen LogP contribution in [0.4, 0.5) is 0 Å². The maximum Gasteiger partial charge on any atom is 1.00 e. The van der Waals surface area contributed by atoms with Gasteiger partial charge in [0.2, 0.25) is 0 Å². The summed E-state index contributed by atoms with van der Waals surface area (Å²) < 4.78 is 10.1. The second-order valence-electron chi connectivity index (χ2n) is 1.92. The Morgan fingerprint density at radius 2 is 2.11 bits per heavy atom. The second-order valence-corrected chi connectivity index (χ2v) is 3.38. The van der Waals surface area contributed by atoms with Crippen molar-refractivity contribution in [2.75, 3.05) is 0 Å². The van der Waals surface area contributed by atoms with Crippen LogP contribution in [0.25, 0.3) is 0 Å². The molecule has 0 saturated carbocycles. The molecule has 2 unspecified atom stereocenters. The molecule has 0 aromatic rings. The molecule has 0 N–H and O–H groups in total. The first-order valence-electron chi connectivity index (χ1n) is 2.82. The average molecular weight is 173 g/mol. The van der Waals surface area contributed by atoms with Gasteiger partial charge in [-0.15, -0.1) is 0 Å². The zero-order chi connectivity index (χ0) is 6.57. The number of hydrogen-bond donors (Lipinski definition) is 0. The standard InChI is InChI=1S/C5H11O2P.K/c1-3-4-5(2)8(6)7;/h5H,3-4H2,1-2H3;/q;+1. The van der Waals surface area contributed by atoms with E-state index < -0.39 is 8.03 Å². The van der Waals surface area contributed by atoms with E-state index in [9.17, 15) is 9.46 Å². The van der Waals surface area contributed by atoms with E-state index in [2.05, 4.69) is 0 Å². The van der Waals surface area contributed by atoms with Crippen molar-refractivity contribution >= 4 is 8.03 Å². The predicted octanol–water partition coefficient (Wildman–Crippen LogP) is -1.72. The molecular formula is C5H11KO2P+. The fourth-order valence-electron chi connectivity index (χ4n) is 0.523. The van der Waals surface area contributed by atoms with Crippen LogP contribution in [0.3, 0.4) is 0 Å². The third kappa shape index (κ3) is 7.59. The third-order valence-corrected chi connectivity index (χ3v) is 2.04. The first-order chi connectivity index (χ1) is 3.68. The van der Waals surface area contributed by atoms with Crippen molar-refractivity contribution in [2.45, 2.75) is 32.3 Å². The molecule has 0 radical (unpaired) electrons. The van der Waals surface area contributed by atoms with E-state index in [4.69, 9.17) is 0 Å². The van der Waals surface area contributed by atoms with Gasteiger partial charge in [0.1, 0.15) is 5.66 Å². The van der Waals surface area contributed by atoms with Crippen LogP contribution in [0.1, 0.15) is 26.7 Å². The predicted molar refractivity (Wildman–Crippen MR) is 32.0 cm³/mol. The van der Waals surface area contributed by atoms with Crippen molar-refractivity contribution < 1.29 is 60.8 Å². The van der Waals surface area contributed by atoms with Gasteiger partial charge in [0.15, 0.2) is 0 Å². The van der Waals surface area contributed by atoms with E-state index in [1.54, 1.807) is 6.92 Å². The zero-order valence-corrected chi connectivity index (χ0v) is 10.3. The van der Waals surface area contributed by atoms with E-state index in [0.717, 1.165) is 12.8 Å². The maximum absolute atomic E-state index is 10.1. The Labute approximate surface area is 99.7 Å². The molecule has 2 nitrogen and oxygen atoms in total. The third-order valence-electron chi connectivity index (χ3n) is 1.07. The first-order valence-corrected chi connectivity index (χ1v) is 4.06.